The lowest BCUT2D eigenvalue weighted by atomic mass is 10.1. The Morgan fingerprint density at radius 3 is 2.59 bits per heavy atom. The molecule has 93 valence electrons. The van der Waals surface area contributed by atoms with Gasteiger partial charge in [0, 0.05) is 5.56 Å². The SMILES string of the molecule is COc1ccc(C(=O)C(C)Br)cc1N[S](=O)=O. The molecule has 0 heterocycles. The standard InChI is InChI=1S/C10H11BrNO4S/c1-6(11)10(13)7-3-4-9(16-2)8(5-7)12-17(14)15/h3-6H,1-2H3,(H,12,14,15). The third-order valence-corrected chi connectivity index (χ3v) is 2.84. The lowest BCUT2D eigenvalue weighted by Crippen LogP contribution is -2.10. The summed E-state index contributed by atoms with van der Waals surface area (Å²) in [6, 6.07) is 4.56. The van der Waals surface area contributed by atoms with Crippen LogP contribution < -0.4 is 9.46 Å². The summed E-state index contributed by atoms with van der Waals surface area (Å²) in [5, 5.41) is 0. The molecule has 1 rings (SSSR count). The quantitative estimate of drug-likeness (QED) is 0.664. The van der Waals surface area contributed by atoms with E-state index >= 15 is 0 Å². The predicted octanol–water partition coefficient (Wildman–Crippen LogP) is 1.87. The van der Waals surface area contributed by atoms with E-state index in [4.69, 9.17) is 4.74 Å². The monoisotopic (exact) mass is 320 g/mol. The minimum atomic E-state index is -2.46. The van der Waals surface area contributed by atoms with Crippen molar-refractivity contribution in [2.75, 3.05) is 11.8 Å². The van der Waals surface area contributed by atoms with E-state index in [-0.39, 0.29) is 16.3 Å². The van der Waals surface area contributed by atoms with Gasteiger partial charge in [-0.25, -0.2) is 0 Å². The summed E-state index contributed by atoms with van der Waals surface area (Å²) in [5.41, 5.74) is 0.642. The third kappa shape index (κ3) is 3.64. The molecule has 0 saturated heterocycles. The first kappa shape index (κ1) is 13.9. The Hall–Kier alpha value is -1.21. The maximum Gasteiger partial charge on any atom is 0.293 e. The van der Waals surface area contributed by atoms with Gasteiger partial charge in [0.2, 0.25) is 0 Å². The van der Waals surface area contributed by atoms with Crippen LogP contribution in [0, 0.1) is 0 Å². The van der Waals surface area contributed by atoms with Crippen molar-refractivity contribution in [2.45, 2.75) is 11.8 Å². The minimum Gasteiger partial charge on any atom is -0.495 e. The number of carbonyl (C=O) groups excluding carboxylic acids is 1. The summed E-state index contributed by atoms with van der Waals surface area (Å²) in [6.45, 7) is 1.70. The molecular formula is C10H11BrNO4S. The van der Waals surface area contributed by atoms with Crippen molar-refractivity contribution in [1.29, 1.82) is 0 Å². The molecular weight excluding hydrogens is 310 g/mol. The average molecular weight is 321 g/mol. The van der Waals surface area contributed by atoms with E-state index in [1.807, 2.05) is 0 Å². The molecule has 7 heteroatoms. The number of methoxy groups -OCH3 is 1. The number of halogens is 1. The Bertz CT molecular complexity index is 491. The van der Waals surface area contributed by atoms with Gasteiger partial charge in [-0.1, -0.05) is 15.9 Å². The van der Waals surface area contributed by atoms with E-state index in [1.165, 1.54) is 19.2 Å². The number of alkyl halides is 1. The molecule has 1 aromatic carbocycles. The van der Waals surface area contributed by atoms with E-state index in [2.05, 4.69) is 20.7 Å². The highest BCUT2D eigenvalue weighted by Gasteiger charge is 2.14. The van der Waals surface area contributed by atoms with Crippen LogP contribution in [0.15, 0.2) is 18.2 Å². The molecule has 1 atom stereocenters. The number of rotatable bonds is 5. The van der Waals surface area contributed by atoms with Gasteiger partial charge < -0.3 is 4.74 Å². The van der Waals surface area contributed by atoms with Gasteiger partial charge in [0.15, 0.2) is 5.78 Å². The van der Waals surface area contributed by atoms with Crippen LogP contribution in [0.4, 0.5) is 5.69 Å². The van der Waals surface area contributed by atoms with Crippen LogP contribution in [-0.4, -0.2) is 26.1 Å². The number of benzene rings is 1. The Kier molecular flexibility index (Phi) is 4.83. The molecule has 17 heavy (non-hydrogen) atoms. The number of hydrogen-bond donors (Lipinski definition) is 1. The van der Waals surface area contributed by atoms with Crippen LogP contribution in [-0.2, 0) is 10.9 Å². The highest BCUT2D eigenvalue weighted by molar-refractivity contribution is 9.10. The van der Waals surface area contributed by atoms with Crippen LogP contribution in [0.3, 0.4) is 0 Å². The molecule has 0 aliphatic heterocycles. The van der Waals surface area contributed by atoms with Gasteiger partial charge in [-0.05, 0) is 25.1 Å². The van der Waals surface area contributed by atoms with E-state index < -0.39 is 10.9 Å². The number of hydrogen-bond acceptors (Lipinski definition) is 4. The van der Waals surface area contributed by atoms with Crippen molar-refractivity contribution in [3.8, 4) is 5.75 Å². The fourth-order valence-corrected chi connectivity index (χ4v) is 1.86. The van der Waals surface area contributed by atoms with E-state index in [0.717, 1.165) is 0 Å². The maximum absolute atomic E-state index is 11.7. The summed E-state index contributed by atoms with van der Waals surface area (Å²) < 4.78 is 28.3. The van der Waals surface area contributed by atoms with Gasteiger partial charge in [0.1, 0.15) is 5.75 Å². The molecule has 0 spiro atoms. The average Bonchev–Trinajstić information content (AvgIpc) is 2.27. The lowest BCUT2D eigenvalue weighted by molar-refractivity contribution is 0.0996. The fourth-order valence-electron chi connectivity index (χ4n) is 1.26. The molecule has 0 aliphatic rings. The predicted molar refractivity (Wildman–Crippen MR) is 68.3 cm³/mol. The molecule has 0 bridgehead atoms. The largest absolute Gasteiger partial charge is 0.495 e. The number of carbonyl (C=O) groups is 1. The van der Waals surface area contributed by atoms with Crippen molar-refractivity contribution in [3.63, 3.8) is 0 Å². The first-order valence-electron chi connectivity index (χ1n) is 4.68. The zero-order chi connectivity index (χ0) is 13.0. The first-order chi connectivity index (χ1) is 7.95. The normalized spacial score (nSPS) is 11.7. The number of anilines is 1. The zero-order valence-corrected chi connectivity index (χ0v) is 11.6. The zero-order valence-electron chi connectivity index (χ0n) is 9.23. The van der Waals surface area contributed by atoms with Crippen molar-refractivity contribution in [2.24, 2.45) is 0 Å². The minimum absolute atomic E-state index is 0.132. The Morgan fingerprint density at radius 1 is 1.47 bits per heavy atom. The Balaban J connectivity index is 3.17. The Labute approximate surface area is 109 Å². The number of ketones is 1. The van der Waals surface area contributed by atoms with E-state index in [0.29, 0.717) is 11.3 Å². The molecule has 0 aliphatic carbocycles. The van der Waals surface area contributed by atoms with Crippen molar-refractivity contribution in [3.05, 3.63) is 23.8 Å². The van der Waals surface area contributed by atoms with Gasteiger partial charge in [-0.2, -0.15) is 8.42 Å². The van der Waals surface area contributed by atoms with Crippen LogP contribution in [0.2, 0.25) is 0 Å². The molecule has 1 N–H and O–H groups in total. The number of Topliss-reactive ketones (excluding diaryl/α,β-unsaturated/α-hetero) is 1. The summed E-state index contributed by atoms with van der Waals surface area (Å²) in [7, 11) is -1.04. The first-order valence-corrected chi connectivity index (χ1v) is 6.67. The van der Waals surface area contributed by atoms with Gasteiger partial charge in [0.25, 0.3) is 10.9 Å². The fraction of sp³-hybridized carbons (Fsp3) is 0.300. The van der Waals surface area contributed by atoms with Crippen molar-refractivity contribution in [1.82, 2.24) is 0 Å². The molecule has 1 aromatic rings. The summed E-state index contributed by atoms with van der Waals surface area (Å²) in [6.07, 6.45) is 0. The van der Waals surface area contributed by atoms with E-state index in [1.54, 1.807) is 13.0 Å². The van der Waals surface area contributed by atoms with Crippen LogP contribution in [0.25, 0.3) is 0 Å². The van der Waals surface area contributed by atoms with Gasteiger partial charge >= 0.3 is 0 Å². The highest BCUT2D eigenvalue weighted by Crippen LogP contribution is 2.26. The molecule has 1 unspecified atom stereocenters. The highest BCUT2D eigenvalue weighted by atomic mass is 79.9. The summed E-state index contributed by atoms with van der Waals surface area (Å²) >= 11 is 3.16. The molecule has 0 aromatic heterocycles. The molecule has 0 fully saturated rings. The molecule has 0 amide bonds. The number of ether oxygens (including phenoxy) is 1. The lowest BCUT2D eigenvalue weighted by Gasteiger charge is -2.09. The summed E-state index contributed by atoms with van der Waals surface area (Å²) in [5.74, 6) is 0.223. The van der Waals surface area contributed by atoms with Crippen molar-refractivity contribution >= 4 is 38.3 Å². The number of nitrogens with one attached hydrogen (secondary N) is 1. The van der Waals surface area contributed by atoms with Crippen LogP contribution >= 0.6 is 15.9 Å². The third-order valence-electron chi connectivity index (χ3n) is 2.04. The molecule has 0 saturated carbocycles. The molecule has 5 nitrogen and oxygen atoms in total. The van der Waals surface area contributed by atoms with Gasteiger partial charge in [-0.3, -0.25) is 9.52 Å². The smallest absolute Gasteiger partial charge is 0.293 e. The van der Waals surface area contributed by atoms with Gasteiger partial charge in [-0.15, -0.1) is 0 Å². The van der Waals surface area contributed by atoms with Gasteiger partial charge in [0.05, 0.1) is 17.6 Å². The van der Waals surface area contributed by atoms with Crippen LogP contribution in [0.5, 0.6) is 5.75 Å². The topological polar surface area (TPSA) is 72.5 Å². The maximum atomic E-state index is 11.7. The Morgan fingerprint density at radius 2 is 2.12 bits per heavy atom. The van der Waals surface area contributed by atoms with Crippen LogP contribution in [0.1, 0.15) is 17.3 Å². The van der Waals surface area contributed by atoms with E-state index in [9.17, 15) is 13.2 Å². The summed E-state index contributed by atoms with van der Waals surface area (Å²) in [4.78, 5) is 11.4. The van der Waals surface area contributed by atoms with Crippen molar-refractivity contribution < 1.29 is 17.9 Å². The second-order valence-corrected chi connectivity index (χ2v) is 5.28. The second kappa shape index (κ2) is 5.92. The second-order valence-electron chi connectivity index (χ2n) is 3.23. The molecule has 1 radical (unpaired) electrons.